The van der Waals surface area contributed by atoms with E-state index < -0.39 is 0 Å². The minimum Gasteiger partial charge on any atom is -0.381 e. The molecular weight excluding hydrogens is 218 g/mol. The summed E-state index contributed by atoms with van der Waals surface area (Å²) in [6.07, 6.45) is 3.25. The second-order valence-electron chi connectivity index (χ2n) is 3.65. The number of hydrogen-bond donors (Lipinski definition) is 2. The average molecular weight is 231 g/mol. The van der Waals surface area contributed by atoms with Gasteiger partial charge in [-0.1, -0.05) is 11.2 Å². The van der Waals surface area contributed by atoms with Crippen LogP contribution >= 0.6 is 0 Å². The number of benzene rings is 1. The first-order chi connectivity index (χ1) is 8.24. The maximum absolute atomic E-state index is 10.9. The molecule has 0 fully saturated rings. The Morgan fingerprint density at radius 2 is 2.24 bits per heavy atom. The number of nitrogens with zero attached hydrogens (tertiary/aromatic N) is 1. The summed E-state index contributed by atoms with van der Waals surface area (Å²) in [6, 6.07) is 7.51. The van der Waals surface area contributed by atoms with Crippen molar-refractivity contribution in [3.63, 3.8) is 0 Å². The van der Waals surface area contributed by atoms with Crippen LogP contribution in [-0.4, -0.2) is 11.1 Å². The molecule has 0 bridgehead atoms. The highest BCUT2D eigenvalue weighted by atomic mass is 16.5. The summed E-state index contributed by atoms with van der Waals surface area (Å²) in [6.45, 7) is 2.12. The second kappa shape index (κ2) is 5.16. The van der Waals surface area contributed by atoms with Gasteiger partial charge in [-0.05, 0) is 18.2 Å². The Balaban J connectivity index is 1.98. The lowest BCUT2D eigenvalue weighted by Crippen LogP contribution is -2.06. The fourth-order valence-corrected chi connectivity index (χ4v) is 1.43. The molecule has 2 rings (SSSR count). The molecule has 2 aromatic rings. The van der Waals surface area contributed by atoms with Crippen LogP contribution in [0.2, 0.25) is 0 Å². The minimum atomic E-state index is -0.0822. The molecule has 0 atom stereocenters. The van der Waals surface area contributed by atoms with Crippen molar-refractivity contribution in [2.24, 2.45) is 0 Å². The zero-order valence-electron chi connectivity index (χ0n) is 9.43. The summed E-state index contributed by atoms with van der Waals surface area (Å²) in [4.78, 5) is 10.9. The number of hydrogen-bond acceptors (Lipinski definition) is 4. The lowest BCUT2D eigenvalue weighted by atomic mass is 10.2. The van der Waals surface area contributed by atoms with Crippen LogP contribution in [0.4, 0.5) is 11.4 Å². The van der Waals surface area contributed by atoms with Crippen molar-refractivity contribution in [2.75, 3.05) is 10.6 Å². The van der Waals surface area contributed by atoms with Gasteiger partial charge in [0.25, 0.3) is 0 Å². The largest absolute Gasteiger partial charge is 0.381 e. The number of carbonyl (C=O) groups excluding carboxylic acids is 1. The molecule has 17 heavy (non-hydrogen) atoms. The normalized spacial score (nSPS) is 9.94. The Bertz CT molecular complexity index is 494. The SMILES string of the molecule is CC(=O)Nc1cccc(NCc2cnoc2)c1. The van der Waals surface area contributed by atoms with Gasteiger partial charge in [0, 0.05) is 30.4 Å². The fourth-order valence-electron chi connectivity index (χ4n) is 1.43. The first kappa shape index (κ1) is 11.2. The van der Waals surface area contributed by atoms with Crippen molar-refractivity contribution in [1.29, 1.82) is 0 Å². The molecule has 1 amide bonds. The molecular formula is C12H13N3O2. The fraction of sp³-hybridized carbons (Fsp3) is 0.167. The van der Waals surface area contributed by atoms with Crippen LogP contribution in [0.1, 0.15) is 12.5 Å². The lowest BCUT2D eigenvalue weighted by Gasteiger charge is -2.07. The minimum absolute atomic E-state index is 0.0822. The van der Waals surface area contributed by atoms with Crippen molar-refractivity contribution in [1.82, 2.24) is 5.16 Å². The average Bonchev–Trinajstić information content (AvgIpc) is 2.79. The topological polar surface area (TPSA) is 67.2 Å². The Morgan fingerprint density at radius 3 is 2.94 bits per heavy atom. The Labute approximate surface area is 98.8 Å². The molecule has 88 valence electrons. The predicted octanol–water partition coefficient (Wildman–Crippen LogP) is 2.25. The van der Waals surface area contributed by atoms with Crippen molar-refractivity contribution >= 4 is 17.3 Å². The van der Waals surface area contributed by atoms with E-state index in [4.69, 9.17) is 4.52 Å². The highest BCUT2D eigenvalue weighted by Gasteiger charge is 1.99. The van der Waals surface area contributed by atoms with Gasteiger partial charge >= 0.3 is 0 Å². The number of anilines is 2. The first-order valence-electron chi connectivity index (χ1n) is 5.24. The number of rotatable bonds is 4. The molecule has 0 saturated carbocycles. The monoisotopic (exact) mass is 231 g/mol. The number of aromatic nitrogens is 1. The van der Waals surface area contributed by atoms with Crippen LogP contribution in [-0.2, 0) is 11.3 Å². The van der Waals surface area contributed by atoms with E-state index in [-0.39, 0.29) is 5.91 Å². The zero-order chi connectivity index (χ0) is 12.1. The number of amides is 1. The van der Waals surface area contributed by atoms with Crippen molar-refractivity contribution < 1.29 is 9.32 Å². The van der Waals surface area contributed by atoms with Gasteiger partial charge in [0.15, 0.2) is 0 Å². The summed E-state index contributed by atoms with van der Waals surface area (Å²) in [5, 5.41) is 9.56. The molecule has 1 heterocycles. The van der Waals surface area contributed by atoms with Gasteiger partial charge < -0.3 is 15.2 Å². The van der Waals surface area contributed by atoms with E-state index in [1.165, 1.54) is 6.92 Å². The summed E-state index contributed by atoms with van der Waals surface area (Å²) in [5.74, 6) is -0.0822. The molecule has 0 aliphatic carbocycles. The van der Waals surface area contributed by atoms with E-state index in [1.807, 2.05) is 24.3 Å². The maximum Gasteiger partial charge on any atom is 0.221 e. The quantitative estimate of drug-likeness (QED) is 0.846. The van der Waals surface area contributed by atoms with Crippen LogP contribution < -0.4 is 10.6 Å². The molecule has 1 aromatic heterocycles. The van der Waals surface area contributed by atoms with Crippen molar-refractivity contribution in [3.8, 4) is 0 Å². The standard InChI is InChI=1S/C12H13N3O2/c1-9(16)15-12-4-2-3-11(5-12)13-6-10-7-14-17-8-10/h2-5,7-8,13H,6H2,1H3,(H,15,16). The van der Waals surface area contributed by atoms with Gasteiger partial charge in [-0.2, -0.15) is 0 Å². The summed E-state index contributed by atoms with van der Waals surface area (Å²) in [7, 11) is 0. The maximum atomic E-state index is 10.9. The highest BCUT2D eigenvalue weighted by Crippen LogP contribution is 2.15. The third-order valence-electron chi connectivity index (χ3n) is 2.16. The van der Waals surface area contributed by atoms with E-state index in [9.17, 15) is 4.79 Å². The van der Waals surface area contributed by atoms with E-state index in [2.05, 4.69) is 15.8 Å². The Morgan fingerprint density at radius 1 is 1.41 bits per heavy atom. The third-order valence-corrected chi connectivity index (χ3v) is 2.16. The molecule has 5 heteroatoms. The number of carbonyl (C=O) groups is 1. The molecule has 2 N–H and O–H groups in total. The zero-order valence-corrected chi connectivity index (χ0v) is 9.43. The summed E-state index contributed by atoms with van der Waals surface area (Å²) < 4.78 is 4.73. The van der Waals surface area contributed by atoms with Crippen molar-refractivity contribution in [2.45, 2.75) is 13.5 Å². The summed E-state index contributed by atoms with van der Waals surface area (Å²) >= 11 is 0. The van der Waals surface area contributed by atoms with Gasteiger partial charge in [0.05, 0.1) is 6.20 Å². The summed E-state index contributed by atoms with van der Waals surface area (Å²) in [5.41, 5.74) is 2.67. The smallest absolute Gasteiger partial charge is 0.221 e. The Kier molecular flexibility index (Phi) is 3.40. The van der Waals surface area contributed by atoms with Crippen LogP contribution in [0.3, 0.4) is 0 Å². The second-order valence-corrected chi connectivity index (χ2v) is 3.65. The molecule has 0 radical (unpaired) electrons. The molecule has 0 aliphatic heterocycles. The molecule has 1 aromatic carbocycles. The van der Waals surface area contributed by atoms with Crippen LogP contribution in [0.15, 0.2) is 41.2 Å². The van der Waals surface area contributed by atoms with Gasteiger partial charge in [-0.15, -0.1) is 0 Å². The van der Waals surface area contributed by atoms with Gasteiger partial charge in [0.2, 0.25) is 5.91 Å². The van der Waals surface area contributed by atoms with Crippen LogP contribution in [0.25, 0.3) is 0 Å². The van der Waals surface area contributed by atoms with Gasteiger partial charge in [-0.25, -0.2) is 0 Å². The lowest BCUT2D eigenvalue weighted by molar-refractivity contribution is -0.114. The van der Waals surface area contributed by atoms with E-state index in [0.29, 0.717) is 6.54 Å². The van der Waals surface area contributed by atoms with Gasteiger partial charge in [0.1, 0.15) is 6.26 Å². The van der Waals surface area contributed by atoms with Crippen LogP contribution in [0.5, 0.6) is 0 Å². The third kappa shape index (κ3) is 3.34. The van der Waals surface area contributed by atoms with Crippen molar-refractivity contribution in [3.05, 3.63) is 42.3 Å². The molecule has 5 nitrogen and oxygen atoms in total. The number of nitrogens with one attached hydrogen (secondary N) is 2. The van der Waals surface area contributed by atoms with E-state index in [1.54, 1.807) is 12.5 Å². The first-order valence-corrected chi connectivity index (χ1v) is 5.24. The van der Waals surface area contributed by atoms with Gasteiger partial charge in [-0.3, -0.25) is 4.79 Å². The van der Waals surface area contributed by atoms with Crippen LogP contribution in [0, 0.1) is 0 Å². The van der Waals surface area contributed by atoms with E-state index in [0.717, 1.165) is 16.9 Å². The Hall–Kier alpha value is -2.30. The molecule has 0 spiro atoms. The molecule has 0 saturated heterocycles. The highest BCUT2D eigenvalue weighted by molar-refractivity contribution is 5.89. The van der Waals surface area contributed by atoms with E-state index >= 15 is 0 Å². The predicted molar refractivity (Wildman–Crippen MR) is 64.6 cm³/mol. The molecule has 0 unspecified atom stereocenters. The molecule has 0 aliphatic rings.